The lowest BCUT2D eigenvalue weighted by molar-refractivity contribution is 0.581. The van der Waals surface area contributed by atoms with E-state index in [1.54, 1.807) is 18.2 Å². The van der Waals surface area contributed by atoms with E-state index in [1.807, 2.05) is 42.5 Å². The molecule has 0 bridgehead atoms. The fraction of sp³-hybridized carbons (Fsp3) is 0.0476. The molecule has 7 nitrogen and oxygen atoms in total. The van der Waals surface area contributed by atoms with Crippen LogP contribution in [0.3, 0.4) is 0 Å². The number of rotatable bonds is 7. The second kappa shape index (κ2) is 9.15. The number of anilines is 5. The quantitative estimate of drug-likeness (QED) is 0.355. The predicted molar refractivity (Wildman–Crippen MR) is 116 cm³/mol. The van der Waals surface area contributed by atoms with E-state index >= 15 is 0 Å². The summed E-state index contributed by atoms with van der Waals surface area (Å²) in [4.78, 5) is 16.8. The molecule has 0 aliphatic heterocycles. The standard InChI is InChI=1S/C21H17ClFN7/c22-15-6-8-17(9-7-15)27-21-29-19(25-13-14-10-11-24-18(23)12-14)28-20(30-21)26-16-4-2-1-3-5-16/h1-12H,13H2,(H3,25,26,27,28,29,30). The van der Waals surface area contributed by atoms with Gasteiger partial charge in [-0.05, 0) is 54.1 Å². The van der Waals surface area contributed by atoms with Gasteiger partial charge >= 0.3 is 0 Å². The first-order valence-electron chi connectivity index (χ1n) is 9.09. The van der Waals surface area contributed by atoms with Crippen LogP contribution in [0, 0.1) is 5.95 Å². The summed E-state index contributed by atoms with van der Waals surface area (Å²) in [5.74, 6) is 0.490. The second-order valence-corrected chi connectivity index (χ2v) is 6.71. The molecule has 0 radical (unpaired) electrons. The monoisotopic (exact) mass is 421 g/mol. The molecule has 4 aromatic rings. The number of hydrogen-bond acceptors (Lipinski definition) is 7. The lowest BCUT2D eigenvalue weighted by atomic mass is 10.3. The summed E-state index contributed by atoms with van der Waals surface area (Å²) in [6.45, 7) is 0.328. The SMILES string of the molecule is Fc1cc(CNc2nc(Nc3ccccc3)nc(Nc3ccc(Cl)cc3)n2)ccn1. The maximum atomic E-state index is 13.3. The van der Waals surface area contributed by atoms with Crippen molar-refractivity contribution in [3.05, 3.63) is 89.5 Å². The first kappa shape index (κ1) is 19.5. The van der Waals surface area contributed by atoms with Crippen LogP contribution in [0.2, 0.25) is 5.02 Å². The van der Waals surface area contributed by atoms with Crippen molar-refractivity contribution in [1.29, 1.82) is 0 Å². The average Bonchev–Trinajstić information content (AvgIpc) is 2.75. The molecular weight excluding hydrogens is 405 g/mol. The summed E-state index contributed by atoms with van der Waals surface area (Å²) in [6.07, 6.45) is 1.41. The van der Waals surface area contributed by atoms with Crippen LogP contribution in [-0.4, -0.2) is 19.9 Å². The maximum absolute atomic E-state index is 13.3. The van der Waals surface area contributed by atoms with Crippen molar-refractivity contribution in [1.82, 2.24) is 19.9 Å². The molecule has 0 aliphatic rings. The highest BCUT2D eigenvalue weighted by molar-refractivity contribution is 6.30. The van der Waals surface area contributed by atoms with Gasteiger partial charge in [-0.1, -0.05) is 29.8 Å². The van der Waals surface area contributed by atoms with Gasteiger partial charge in [-0.3, -0.25) is 0 Å². The molecule has 3 N–H and O–H groups in total. The number of halogens is 2. The number of pyridine rings is 1. The fourth-order valence-electron chi connectivity index (χ4n) is 2.61. The minimum absolute atomic E-state index is 0.328. The topological polar surface area (TPSA) is 87.7 Å². The van der Waals surface area contributed by atoms with Crippen molar-refractivity contribution in [2.75, 3.05) is 16.0 Å². The molecule has 0 saturated heterocycles. The summed E-state index contributed by atoms with van der Waals surface area (Å²) < 4.78 is 13.3. The Morgan fingerprint density at radius 3 is 2.07 bits per heavy atom. The zero-order chi connectivity index (χ0) is 20.8. The largest absolute Gasteiger partial charge is 0.350 e. The molecule has 30 heavy (non-hydrogen) atoms. The molecule has 0 saturated carbocycles. The number of nitrogens with zero attached hydrogens (tertiary/aromatic N) is 4. The van der Waals surface area contributed by atoms with Gasteiger partial charge in [-0.2, -0.15) is 19.3 Å². The zero-order valence-electron chi connectivity index (χ0n) is 15.7. The second-order valence-electron chi connectivity index (χ2n) is 6.27. The highest BCUT2D eigenvalue weighted by atomic mass is 35.5. The van der Waals surface area contributed by atoms with Gasteiger partial charge in [0.2, 0.25) is 23.8 Å². The average molecular weight is 422 g/mol. The molecule has 150 valence electrons. The normalized spacial score (nSPS) is 10.5. The van der Waals surface area contributed by atoms with Crippen LogP contribution >= 0.6 is 11.6 Å². The molecule has 0 amide bonds. The molecule has 2 aromatic heterocycles. The van der Waals surface area contributed by atoms with E-state index < -0.39 is 5.95 Å². The molecule has 2 aromatic carbocycles. The minimum Gasteiger partial charge on any atom is -0.350 e. The van der Waals surface area contributed by atoms with Crippen LogP contribution in [0.1, 0.15) is 5.56 Å². The third kappa shape index (κ3) is 5.39. The summed E-state index contributed by atoms with van der Waals surface area (Å²) >= 11 is 5.95. The number of benzene rings is 2. The highest BCUT2D eigenvalue weighted by Gasteiger charge is 2.08. The van der Waals surface area contributed by atoms with Gasteiger partial charge in [0.1, 0.15) is 0 Å². The van der Waals surface area contributed by atoms with Crippen LogP contribution in [0.15, 0.2) is 72.9 Å². The molecule has 0 aliphatic carbocycles. The van der Waals surface area contributed by atoms with Crippen molar-refractivity contribution in [3.8, 4) is 0 Å². The Morgan fingerprint density at radius 1 is 0.767 bits per heavy atom. The van der Waals surface area contributed by atoms with Gasteiger partial charge in [-0.15, -0.1) is 0 Å². The van der Waals surface area contributed by atoms with E-state index in [0.29, 0.717) is 35.0 Å². The Balaban J connectivity index is 1.58. The molecule has 0 atom stereocenters. The third-order valence-electron chi connectivity index (χ3n) is 4.01. The molecule has 0 unspecified atom stereocenters. The van der Waals surface area contributed by atoms with Crippen LogP contribution < -0.4 is 16.0 Å². The van der Waals surface area contributed by atoms with Gasteiger partial charge in [0.15, 0.2) is 0 Å². The molecule has 4 rings (SSSR count). The van der Waals surface area contributed by atoms with E-state index in [-0.39, 0.29) is 0 Å². The lowest BCUT2D eigenvalue weighted by Crippen LogP contribution is -2.09. The Hall–Kier alpha value is -3.78. The first-order chi connectivity index (χ1) is 14.6. The molecule has 0 fully saturated rings. The fourth-order valence-corrected chi connectivity index (χ4v) is 2.74. The van der Waals surface area contributed by atoms with Gasteiger partial charge < -0.3 is 16.0 Å². The Kier molecular flexibility index (Phi) is 5.95. The molecule has 2 heterocycles. The van der Waals surface area contributed by atoms with Crippen LogP contribution in [0.25, 0.3) is 0 Å². The predicted octanol–water partition coefficient (Wildman–Crippen LogP) is 5.16. The van der Waals surface area contributed by atoms with Crippen molar-refractivity contribution < 1.29 is 4.39 Å². The minimum atomic E-state index is -0.540. The van der Waals surface area contributed by atoms with Crippen molar-refractivity contribution in [3.63, 3.8) is 0 Å². The van der Waals surface area contributed by atoms with Crippen molar-refractivity contribution in [2.45, 2.75) is 6.54 Å². The van der Waals surface area contributed by atoms with Gasteiger partial charge in [-0.25, -0.2) is 4.98 Å². The lowest BCUT2D eigenvalue weighted by Gasteiger charge is -2.11. The number of aromatic nitrogens is 4. The maximum Gasteiger partial charge on any atom is 0.233 e. The number of hydrogen-bond donors (Lipinski definition) is 3. The smallest absolute Gasteiger partial charge is 0.233 e. The molecular formula is C21H17ClFN7. The number of para-hydroxylation sites is 1. The molecule has 0 spiro atoms. The van der Waals surface area contributed by atoms with Crippen LogP contribution in [0.4, 0.5) is 33.6 Å². The van der Waals surface area contributed by atoms with E-state index in [9.17, 15) is 4.39 Å². The van der Waals surface area contributed by atoms with Gasteiger partial charge in [0, 0.05) is 29.1 Å². The molecule has 9 heteroatoms. The summed E-state index contributed by atoms with van der Waals surface area (Å²) in [6, 6.07) is 19.8. The van der Waals surface area contributed by atoms with Gasteiger partial charge in [0.25, 0.3) is 0 Å². The van der Waals surface area contributed by atoms with Gasteiger partial charge in [0.05, 0.1) is 0 Å². The summed E-state index contributed by atoms with van der Waals surface area (Å²) in [7, 11) is 0. The Morgan fingerprint density at radius 2 is 1.40 bits per heavy atom. The zero-order valence-corrected chi connectivity index (χ0v) is 16.4. The van der Waals surface area contributed by atoms with Crippen LogP contribution in [-0.2, 0) is 6.54 Å². The Labute approximate surface area is 177 Å². The van der Waals surface area contributed by atoms with E-state index in [4.69, 9.17) is 11.6 Å². The van der Waals surface area contributed by atoms with E-state index in [1.165, 1.54) is 12.3 Å². The van der Waals surface area contributed by atoms with Crippen molar-refractivity contribution in [2.24, 2.45) is 0 Å². The van der Waals surface area contributed by atoms with E-state index in [2.05, 4.69) is 35.9 Å². The third-order valence-corrected chi connectivity index (χ3v) is 4.26. The van der Waals surface area contributed by atoms with Crippen LogP contribution in [0.5, 0.6) is 0 Å². The first-order valence-corrected chi connectivity index (χ1v) is 9.47. The van der Waals surface area contributed by atoms with Crippen molar-refractivity contribution >= 4 is 40.8 Å². The summed E-state index contributed by atoms with van der Waals surface area (Å²) in [5.41, 5.74) is 2.33. The summed E-state index contributed by atoms with van der Waals surface area (Å²) in [5, 5.41) is 10.0. The highest BCUT2D eigenvalue weighted by Crippen LogP contribution is 2.20. The Bertz CT molecular complexity index is 1120. The number of nitrogens with one attached hydrogen (secondary N) is 3. The van der Waals surface area contributed by atoms with E-state index in [0.717, 1.165) is 11.4 Å².